The van der Waals surface area contributed by atoms with E-state index in [0.717, 1.165) is 0 Å². The molecule has 0 aromatic heterocycles. The molecule has 130 valence electrons. The number of rotatable bonds is 11. The van der Waals surface area contributed by atoms with Gasteiger partial charge in [-0.15, -0.1) is 0 Å². The largest absolute Gasteiger partial charge is 0.0978 e. The average Bonchev–Trinajstić information content (AvgIpc) is 2.41. The highest BCUT2D eigenvalue weighted by atomic mass is 28.3. The van der Waals surface area contributed by atoms with Gasteiger partial charge in [-0.25, -0.2) is 0 Å². The summed E-state index contributed by atoms with van der Waals surface area (Å²) in [6.07, 6.45) is 16.9. The Balaban J connectivity index is 4.55. The monoisotopic (exact) mass is 322 g/mol. The third-order valence-corrected chi connectivity index (χ3v) is 10.1. The minimum atomic E-state index is -1.26. The van der Waals surface area contributed by atoms with Gasteiger partial charge in [0.05, 0.1) is 8.07 Å². The van der Waals surface area contributed by atoms with Crippen molar-refractivity contribution < 1.29 is 0 Å². The zero-order chi connectivity index (χ0) is 17.1. The maximum absolute atomic E-state index is 2.58. The van der Waals surface area contributed by atoms with Crippen molar-refractivity contribution in [3.05, 3.63) is 23.4 Å². The lowest BCUT2D eigenvalue weighted by atomic mass is 10.0. The molecule has 0 bridgehead atoms. The maximum Gasteiger partial charge on any atom is 0.0766 e. The van der Waals surface area contributed by atoms with E-state index in [1.165, 1.54) is 57.8 Å². The predicted molar refractivity (Wildman–Crippen MR) is 107 cm³/mol. The SMILES string of the molecule is CCCCC/C=C(/C/C=C/[Si](C)(C)C(C)(C)C)CCCCC. The molecule has 0 heterocycles. The van der Waals surface area contributed by atoms with Crippen molar-refractivity contribution >= 4 is 8.07 Å². The van der Waals surface area contributed by atoms with Crippen LogP contribution < -0.4 is 0 Å². The molecule has 0 aliphatic carbocycles. The van der Waals surface area contributed by atoms with E-state index in [1.807, 2.05) is 0 Å². The summed E-state index contributed by atoms with van der Waals surface area (Å²) in [5, 5.41) is 0.455. The Kier molecular flexibility index (Phi) is 11.1. The Labute approximate surface area is 142 Å². The summed E-state index contributed by atoms with van der Waals surface area (Å²) in [4.78, 5) is 0. The van der Waals surface area contributed by atoms with E-state index in [0.29, 0.717) is 5.04 Å². The zero-order valence-corrected chi connectivity index (χ0v) is 17.6. The zero-order valence-electron chi connectivity index (χ0n) is 16.6. The molecule has 1 heteroatoms. The predicted octanol–water partition coefficient (Wildman–Crippen LogP) is 8.07. The summed E-state index contributed by atoms with van der Waals surface area (Å²) in [6, 6.07) is 0. The lowest BCUT2D eigenvalue weighted by molar-refractivity contribution is 0.694. The van der Waals surface area contributed by atoms with E-state index in [-0.39, 0.29) is 0 Å². The second-order valence-electron chi connectivity index (χ2n) is 8.39. The van der Waals surface area contributed by atoms with Crippen LogP contribution in [0.25, 0.3) is 0 Å². The average molecular weight is 323 g/mol. The van der Waals surface area contributed by atoms with Crippen LogP contribution in [0.5, 0.6) is 0 Å². The smallest absolute Gasteiger partial charge is 0.0766 e. The van der Waals surface area contributed by atoms with Crippen molar-refractivity contribution in [3.8, 4) is 0 Å². The Morgan fingerprint density at radius 2 is 1.50 bits per heavy atom. The van der Waals surface area contributed by atoms with Gasteiger partial charge in [0.2, 0.25) is 0 Å². The Hall–Kier alpha value is -0.303. The molecule has 0 aliphatic rings. The van der Waals surface area contributed by atoms with Crippen molar-refractivity contribution in [3.63, 3.8) is 0 Å². The first-order valence-electron chi connectivity index (χ1n) is 9.60. The van der Waals surface area contributed by atoms with Gasteiger partial charge < -0.3 is 0 Å². The lowest BCUT2D eigenvalue weighted by Gasteiger charge is -2.34. The van der Waals surface area contributed by atoms with Crippen LogP contribution in [-0.4, -0.2) is 8.07 Å². The van der Waals surface area contributed by atoms with Gasteiger partial charge in [-0.1, -0.05) is 96.8 Å². The fourth-order valence-electron chi connectivity index (χ4n) is 2.34. The van der Waals surface area contributed by atoms with Gasteiger partial charge >= 0.3 is 0 Å². The number of hydrogen-bond acceptors (Lipinski definition) is 0. The van der Waals surface area contributed by atoms with Gasteiger partial charge in [-0.2, -0.15) is 0 Å². The molecule has 0 spiro atoms. The summed E-state index contributed by atoms with van der Waals surface area (Å²) in [7, 11) is -1.26. The lowest BCUT2D eigenvalue weighted by Crippen LogP contribution is -2.34. The summed E-state index contributed by atoms with van der Waals surface area (Å²) in [5.74, 6) is 0. The van der Waals surface area contributed by atoms with Gasteiger partial charge in [0.15, 0.2) is 0 Å². The van der Waals surface area contributed by atoms with Gasteiger partial charge in [0.1, 0.15) is 0 Å². The van der Waals surface area contributed by atoms with Crippen molar-refractivity contribution in [2.24, 2.45) is 0 Å². The normalized spacial score (nSPS) is 14.0. The van der Waals surface area contributed by atoms with E-state index in [4.69, 9.17) is 0 Å². The Morgan fingerprint density at radius 1 is 0.909 bits per heavy atom. The second-order valence-corrected chi connectivity index (χ2v) is 13.7. The number of hydrogen-bond donors (Lipinski definition) is 0. The molecule has 0 amide bonds. The molecule has 0 saturated carbocycles. The summed E-state index contributed by atoms with van der Waals surface area (Å²) in [5.41, 5.74) is 4.26. The van der Waals surface area contributed by atoms with Gasteiger partial charge in [0, 0.05) is 0 Å². The first-order chi connectivity index (χ1) is 10.2. The molecule has 0 rings (SSSR count). The molecule has 0 N–H and O–H groups in total. The Bertz CT molecular complexity index is 328. The molecule has 0 saturated heterocycles. The second kappa shape index (κ2) is 11.3. The molecule has 0 aliphatic heterocycles. The topological polar surface area (TPSA) is 0 Å². The van der Waals surface area contributed by atoms with Gasteiger partial charge in [0.25, 0.3) is 0 Å². The van der Waals surface area contributed by atoms with Crippen molar-refractivity contribution in [1.82, 2.24) is 0 Å². The van der Waals surface area contributed by atoms with E-state index in [2.05, 4.69) is 65.6 Å². The van der Waals surface area contributed by atoms with E-state index >= 15 is 0 Å². The first kappa shape index (κ1) is 21.7. The molecular formula is C21H42Si. The minimum Gasteiger partial charge on any atom is -0.0978 e. The standard InChI is InChI=1S/C21H42Si/c1-8-10-12-14-17-20(16-13-11-9-2)18-15-19-22(6,7)21(3,4)5/h15,17,19H,8-14,16,18H2,1-7H3/b19-15+,20-17+. The Morgan fingerprint density at radius 3 is 2.05 bits per heavy atom. The molecule has 0 aromatic rings. The molecule has 0 nitrogen and oxygen atoms in total. The van der Waals surface area contributed by atoms with Crippen molar-refractivity contribution in [2.75, 3.05) is 0 Å². The fraction of sp³-hybridized carbons (Fsp3) is 0.810. The van der Waals surface area contributed by atoms with Crippen LogP contribution in [0.15, 0.2) is 23.4 Å². The van der Waals surface area contributed by atoms with Gasteiger partial charge in [-0.3, -0.25) is 0 Å². The molecule has 0 atom stereocenters. The maximum atomic E-state index is 2.58. The molecule has 0 radical (unpaired) electrons. The number of unbranched alkanes of at least 4 members (excludes halogenated alkanes) is 5. The van der Waals surface area contributed by atoms with Crippen LogP contribution in [0.1, 0.15) is 92.4 Å². The molecule has 0 fully saturated rings. The van der Waals surface area contributed by atoms with Crippen LogP contribution >= 0.6 is 0 Å². The third kappa shape index (κ3) is 9.66. The van der Waals surface area contributed by atoms with Crippen molar-refractivity contribution in [1.29, 1.82) is 0 Å². The van der Waals surface area contributed by atoms with Crippen LogP contribution in [0.3, 0.4) is 0 Å². The highest BCUT2D eigenvalue weighted by molar-refractivity contribution is 6.84. The van der Waals surface area contributed by atoms with Crippen LogP contribution in [0.2, 0.25) is 18.1 Å². The number of allylic oxidation sites excluding steroid dienone is 3. The van der Waals surface area contributed by atoms with Crippen LogP contribution in [0, 0.1) is 0 Å². The van der Waals surface area contributed by atoms with E-state index < -0.39 is 8.07 Å². The fourth-order valence-corrected chi connectivity index (χ4v) is 3.55. The van der Waals surface area contributed by atoms with Gasteiger partial charge in [-0.05, 0) is 37.1 Å². The summed E-state index contributed by atoms with van der Waals surface area (Å²) >= 11 is 0. The minimum absolute atomic E-state index is 0.455. The van der Waals surface area contributed by atoms with Crippen LogP contribution in [-0.2, 0) is 0 Å². The quantitative estimate of drug-likeness (QED) is 0.205. The molecule has 22 heavy (non-hydrogen) atoms. The summed E-state index contributed by atoms with van der Waals surface area (Å²) < 4.78 is 0. The highest BCUT2D eigenvalue weighted by Crippen LogP contribution is 2.36. The van der Waals surface area contributed by atoms with E-state index in [9.17, 15) is 0 Å². The van der Waals surface area contributed by atoms with Crippen LogP contribution in [0.4, 0.5) is 0 Å². The highest BCUT2D eigenvalue weighted by Gasteiger charge is 2.32. The molecular weight excluding hydrogens is 280 g/mol. The van der Waals surface area contributed by atoms with E-state index in [1.54, 1.807) is 5.57 Å². The third-order valence-electron chi connectivity index (χ3n) is 5.19. The summed E-state index contributed by atoms with van der Waals surface area (Å²) in [6.45, 7) is 16.7. The molecule has 0 unspecified atom stereocenters. The van der Waals surface area contributed by atoms with Crippen molar-refractivity contribution in [2.45, 2.75) is 111 Å². The molecule has 0 aromatic carbocycles. The first-order valence-corrected chi connectivity index (χ1v) is 12.7.